The van der Waals surface area contributed by atoms with Crippen molar-refractivity contribution < 1.29 is 0 Å². The molecule has 0 saturated heterocycles. The van der Waals surface area contributed by atoms with E-state index >= 15 is 0 Å². The Balaban J connectivity index is 5.13. The number of allylic oxidation sites excluding steroid dienone is 1. The van der Waals surface area contributed by atoms with Gasteiger partial charge < -0.3 is 0 Å². The number of nitrogens with one attached hydrogen (secondary N) is 1. The SMILES string of the molecule is N#CC(C#N)C(=C=N)C(C#N)C#N. The molecule has 0 aromatic carbocycles. The summed E-state index contributed by atoms with van der Waals surface area (Å²) in [4.78, 5) is 0. The minimum absolute atomic E-state index is 0.199. The maximum absolute atomic E-state index is 8.43. The van der Waals surface area contributed by atoms with E-state index in [-0.39, 0.29) is 5.57 Å². The first-order valence-electron chi connectivity index (χ1n) is 3.13. The molecule has 5 heteroatoms. The van der Waals surface area contributed by atoms with E-state index in [4.69, 9.17) is 26.5 Å². The van der Waals surface area contributed by atoms with Gasteiger partial charge in [-0.3, -0.25) is 5.41 Å². The Kier molecular flexibility index (Phi) is 4.09. The van der Waals surface area contributed by atoms with Gasteiger partial charge in [-0.2, -0.15) is 21.0 Å². The lowest BCUT2D eigenvalue weighted by atomic mass is 9.92. The largest absolute Gasteiger partial charge is 0.259 e. The quantitative estimate of drug-likeness (QED) is 0.604. The monoisotopic (exact) mass is 169 g/mol. The first kappa shape index (κ1) is 10.4. The zero-order valence-electron chi connectivity index (χ0n) is 6.44. The molecule has 0 bridgehead atoms. The summed E-state index contributed by atoms with van der Waals surface area (Å²) in [5.41, 5.74) is -0.199. The van der Waals surface area contributed by atoms with Crippen LogP contribution in [0, 0.1) is 62.6 Å². The Bertz CT molecular complexity index is 340. The van der Waals surface area contributed by atoms with Crippen molar-refractivity contribution in [1.29, 1.82) is 26.5 Å². The van der Waals surface area contributed by atoms with Crippen molar-refractivity contribution in [1.82, 2.24) is 0 Å². The van der Waals surface area contributed by atoms with Crippen LogP contribution >= 0.6 is 0 Å². The fourth-order valence-electron chi connectivity index (χ4n) is 0.647. The van der Waals surface area contributed by atoms with Crippen LogP contribution in [0.3, 0.4) is 0 Å². The van der Waals surface area contributed by atoms with Gasteiger partial charge in [-0.05, 0) is 5.87 Å². The molecule has 13 heavy (non-hydrogen) atoms. The van der Waals surface area contributed by atoms with Gasteiger partial charge in [-0.1, -0.05) is 0 Å². The van der Waals surface area contributed by atoms with Gasteiger partial charge in [0.05, 0.1) is 29.8 Å². The fraction of sp³-hybridized carbons (Fsp3) is 0.250. The normalized spacial score (nSPS) is 7.54. The van der Waals surface area contributed by atoms with E-state index < -0.39 is 11.8 Å². The molecule has 0 aromatic rings. The van der Waals surface area contributed by atoms with Gasteiger partial charge in [0, 0.05) is 0 Å². The fourth-order valence-corrected chi connectivity index (χ4v) is 0.647. The summed E-state index contributed by atoms with van der Waals surface area (Å²) < 4.78 is 0. The standard InChI is InChI=1S/C8H3N5/c9-1-6(2-10)8(5-13)7(3-11)4-12/h6-7,13H. The Hall–Kier alpha value is -2.59. The van der Waals surface area contributed by atoms with E-state index in [0.29, 0.717) is 0 Å². The van der Waals surface area contributed by atoms with E-state index in [1.165, 1.54) is 0 Å². The van der Waals surface area contributed by atoms with E-state index in [1.807, 2.05) is 0 Å². The van der Waals surface area contributed by atoms with Crippen LogP contribution in [-0.4, -0.2) is 5.87 Å². The highest BCUT2D eigenvalue weighted by molar-refractivity contribution is 5.61. The molecule has 0 aliphatic rings. The molecule has 1 N–H and O–H groups in total. The Morgan fingerprint density at radius 2 is 1.15 bits per heavy atom. The van der Waals surface area contributed by atoms with Crippen LogP contribution in [0.2, 0.25) is 0 Å². The predicted octanol–water partition coefficient (Wildman–Crippen LogP) is 0.488. The average molecular weight is 169 g/mol. The molecule has 0 aliphatic heterocycles. The zero-order valence-corrected chi connectivity index (χ0v) is 6.44. The number of nitrogens with zero attached hydrogens (tertiary/aromatic N) is 4. The van der Waals surface area contributed by atoms with Crippen LogP contribution < -0.4 is 0 Å². The second-order valence-electron chi connectivity index (χ2n) is 1.96. The lowest BCUT2D eigenvalue weighted by Gasteiger charge is -2.01. The highest BCUT2D eigenvalue weighted by Gasteiger charge is 2.22. The molecule has 0 unspecified atom stereocenters. The topological polar surface area (TPSA) is 119 Å². The van der Waals surface area contributed by atoms with Gasteiger partial charge in [0.1, 0.15) is 0 Å². The summed E-state index contributed by atoms with van der Waals surface area (Å²) >= 11 is 0. The van der Waals surface area contributed by atoms with Crippen molar-refractivity contribution in [3.05, 3.63) is 5.57 Å². The van der Waals surface area contributed by atoms with Gasteiger partial charge in [0.25, 0.3) is 0 Å². The van der Waals surface area contributed by atoms with Crippen molar-refractivity contribution in [2.75, 3.05) is 0 Å². The van der Waals surface area contributed by atoms with E-state index in [9.17, 15) is 0 Å². The van der Waals surface area contributed by atoms with E-state index in [1.54, 1.807) is 30.1 Å². The third-order valence-corrected chi connectivity index (χ3v) is 1.28. The summed E-state index contributed by atoms with van der Waals surface area (Å²) in [7, 11) is 0. The van der Waals surface area contributed by atoms with E-state index in [2.05, 4.69) is 0 Å². The smallest absolute Gasteiger partial charge is 0.165 e. The molecule has 0 fully saturated rings. The molecule has 0 spiro atoms. The Morgan fingerprint density at radius 3 is 1.31 bits per heavy atom. The molecular formula is C8H3N5. The average Bonchev–Trinajstić information content (AvgIpc) is 2.18. The van der Waals surface area contributed by atoms with Gasteiger partial charge in [-0.25, -0.2) is 0 Å². The molecule has 0 aliphatic carbocycles. The molecular weight excluding hydrogens is 166 g/mol. The van der Waals surface area contributed by atoms with Crippen LogP contribution in [0.1, 0.15) is 0 Å². The van der Waals surface area contributed by atoms with Crippen molar-refractivity contribution in [2.24, 2.45) is 11.8 Å². The number of nitriles is 4. The summed E-state index contributed by atoms with van der Waals surface area (Å²) in [5, 5.41) is 40.5. The summed E-state index contributed by atoms with van der Waals surface area (Å²) in [5.74, 6) is -0.714. The number of hydrogen-bond acceptors (Lipinski definition) is 5. The first-order valence-corrected chi connectivity index (χ1v) is 3.13. The van der Waals surface area contributed by atoms with Gasteiger partial charge in [0.2, 0.25) is 0 Å². The maximum Gasteiger partial charge on any atom is 0.165 e. The zero-order chi connectivity index (χ0) is 10.3. The number of hydrogen-bond donors (Lipinski definition) is 1. The summed E-state index contributed by atoms with van der Waals surface area (Å²) in [6, 6.07) is 6.28. The van der Waals surface area contributed by atoms with Gasteiger partial charge >= 0.3 is 0 Å². The third-order valence-electron chi connectivity index (χ3n) is 1.28. The van der Waals surface area contributed by atoms with Crippen molar-refractivity contribution >= 4 is 5.87 Å². The molecule has 60 valence electrons. The van der Waals surface area contributed by atoms with Crippen LogP contribution in [-0.2, 0) is 0 Å². The minimum Gasteiger partial charge on any atom is -0.259 e. The molecule has 0 atom stereocenters. The van der Waals surface area contributed by atoms with Crippen LogP contribution in [0.4, 0.5) is 0 Å². The first-order chi connectivity index (χ1) is 6.24. The third kappa shape index (κ3) is 2.18. The second-order valence-corrected chi connectivity index (χ2v) is 1.96. The summed E-state index contributed by atoms with van der Waals surface area (Å²) in [6.45, 7) is 0. The Labute approximate surface area is 74.9 Å². The van der Waals surface area contributed by atoms with Crippen molar-refractivity contribution in [3.8, 4) is 24.3 Å². The predicted molar refractivity (Wildman–Crippen MR) is 40.7 cm³/mol. The molecule has 0 radical (unpaired) electrons. The summed E-state index contributed by atoms with van der Waals surface area (Å²) in [6.07, 6.45) is 0. The Morgan fingerprint density at radius 1 is 0.846 bits per heavy atom. The second kappa shape index (κ2) is 5.11. The van der Waals surface area contributed by atoms with Crippen LogP contribution in [0.15, 0.2) is 5.57 Å². The molecule has 0 aromatic heterocycles. The van der Waals surface area contributed by atoms with Crippen LogP contribution in [0.25, 0.3) is 0 Å². The maximum atomic E-state index is 8.43. The number of rotatable bonds is 2. The highest BCUT2D eigenvalue weighted by atomic mass is 14.4. The highest BCUT2D eigenvalue weighted by Crippen LogP contribution is 2.15. The minimum atomic E-state index is -1.25. The lowest BCUT2D eigenvalue weighted by molar-refractivity contribution is 0.873. The van der Waals surface area contributed by atoms with E-state index in [0.717, 1.165) is 0 Å². The van der Waals surface area contributed by atoms with Crippen molar-refractivity contribution in [2.45, 2.75) is 0 Å². The molecule has 5 nitrogen and oxygen atoms in total. The molecule has 0 saturated carbocycles. The van der Waals surface area contributed by atoms with Crippen molar-refractivity contribution in [3.63, 3.8) is 0 Å². The van der Waals surface area contributed by atoms with Gasteiger partial charge in [0.15, 0.2) is 11.8 Å². The van der Waals surface area contributed by atoms with Crippen LogP contribution in [0.5, 0.6) is 0 Å². The van der Waals surface area contributed by atoms with Gasteiger partial charge in [-0.15, -0.1) is 0 Å². The molecule has 0 rings (SSSR count). The molecule has 0 heterocycles. The lowest BCUT2D eigenvalue weighted by Crippen LogP contribution is -2.08. The molecule has 0 amide bonds.